The smallest absolute Gasteiger partial charge is 0.337 e. The molecule has 11 heteroatoms. The van der Waals surface area contributed by atoms with E-state index in [2.05, 4.69) is 6.58 Å². The van der Waals surface area contributed by atoms with Gasteiger partial charge in [-0.3, -0.25) is 0 Å². The number of aliphatic hydroxyl groups excluding tert-OH is 4. The number of esters is 1. The van der Waals surface area contributed by atoms with Gasteiger partial charge in [0.15, 0.2) is 12.6 Å². The van der Waals surface area contributed by atoms with Crippen molar-refractivity contribution in [3.8, 4) is 0 Å². The summed E-state index contributed by atoms with van der Waals surface area (Å²) < 4.78 is 33.3. The first-order valence-electron chi connectivity index (χ1n) is 10.5. The van der Waals surface area contributed by atoms with Crippen LogP contribution in [0.4, 0.5) is 0 Å². The minimum atomic E-state index is -1.60. The molecule has 3 rings (SSSR count). The molecule has 32 heavy (non-hydrogen) atoms. The second-order valence-electron chi connectivity index (χ2n) is 8.17. The lowest BCUT2D eigenvalue weighted by Gasteiger charge is -2.43. The molecular formula is C21H32O11. The predicted octanol–water partition coefficient (Wildman–Crippen LogP) is -0.825. The van der Waals surface area contributed by atoms with Gasteiger partial charge in [-0.05, 0) is 13.8 Å². The van der Waals surface area contributed by atoms with Crippen LogP contribution in [-0.4, -0.2) is 95.6 Å². The average Bonchev–Trinajstić information content (AvgIpc) is 3.10. The normalized spacial score (nSPS) is 44.5. The second kappa shape index (κ2) is 10.6. The molecule has 2 fully saturated rings. The van der Waals surface area contributed by atoms with Gasteiger partial charge in [0.1, 0.15) is 24.4 Å². The highest BCUT2D eigenvalue weighted by Crippen LogP contribution is 2.39. The highest BCUT2D eigenvalue weighted by Gasteiger charge is 2.48. The van der Waals surface area contributed by atoms with Crippen molar-refractivity contribution in [1.82, 2.24) is 0 Å². The van der Waals surface area contributed by atoms with Crippen LogP contribution in [0.15, 0.2) is 24.5 Å². The van der Waals surface area contributed by atoms with Gasteiger partial charge in [0, 0.05) is 18.3 Å². The molecule has 1 unspecified atom stereocenters. The first-order chi connectivity index (χ1) is 15.2. The molecule has 3 aliphatic heterocycles. The quantitative estimate of drug-likeness (QED) is 0.278. The Hall–Kier alpha value is -1.57. The number of rotatable bonds is 7. The maximum Gasteiger partial charge on any atom is 0.337 e. The largest absolute Gasteiger partial charge is 0.471 e. The molecule has 11 nitrogen and oxygen atoms in total. The van der Waals surface area contributed by atoms with Gasteiger partial charge in [0.25, 0.3) is 0 Å². The van der Waals surface area contributed by atoms with Crippen molar-refractivity contribution in [1.29, 1.82) is 0 Å². The number of ether oxygens (including phenoxy) is 6. The monoisotopic (exact) mass is 460 g/mol. The summed E-state index contributed by atoms with van der Waals surface area (Å²) in [6.07, 6.45) is -6.11. The van der Waals surface area contributed by atoms with Crippen LogP contribution < -0.4 is 0 Å². The fourth-order valence-corrected chi connectivity index (χ4v) is 4.08. The van der Waals surface area contributed by atoms with Gasteiger partial charge in [0.05, 0.1) is 37.8 Å². The van der Waals surface area contributed by atoms with E-state index in [4.69, 9.17) is 28.4 Å². The molecule has 3 heterocycles. The Kier molecular flexibility index (Phi) is 8.28. The van der Waals surface area contributed by atoms with Crippen LogP contribution in [-0.2, 0) is 33.2 Å². The van der Waals surface area contributed by atoms with Crippen molar-refractivity contribution in [3.63, 3.8) is 0 Å². The average molecular weight is 460 g/mol. The van der Waals surface area contributed by atoms with Gasteiger partial charge in [-0.2, -0.15) is 0 Å². The molecule has 0 saturated carbocycles. The third-order valence-corrected chi connectivity index (χ3v) is 6.16. The van der Waals surface area contributed by atoms with E-state index in [0.717, 1.165) is 0 Å². The third-order valence-electron chi connectivity index (χ3n) is 6.16. The summed E-state index contributed by atoms with van der Waals surface area (Å²) in [6.45, 7) is 7.01. The Balaban J connectivity index is 1.80. The molecule has 0 bridgehead atoms. The predicted molar refractivity (Wildman–Crippen MR) is 107 cm³/mol. The molecule has 2 saturated heterocycles. The molecule has 0 aliphatic carbocycles. The molecule has 0 spiro atoms. The minimum Gasteiger partial charge on any atom is -0.471 e. The topological polar surface area (TPSA) is 153 Å². The van der Waals surface area contributed by atoms with Crippen molar-refractivity contribution < 1.29 is 53.6 Å². The molecule has 0 amide bonds. The van der Waals surface area contributed by atoms with Crippen LogP contribution in [0.25, 0.3) is 0 Å². The number of hydrogen-bond acceptors (Lipinski definition) is 11. The van der Waals surface area contributed by atoms with Crippen molar-refractivity contribution in [3.05, 3.63) is 24.5 Å². The fraction of sp³-hybridized carbons (Fsp3) is 0.762. The Morgan fingerprint density at radius 2 is 1.75 bits per heavy atom. The van der Waals surface area contributed by atoms with Gasteiger partial charge in [0.2, 0.25) is 6.29 Å². The van der Waals surface area contributed by atoms with Gasteiger partial charge < -0.3 is 48.8 Å². The van der Waals surface area contributed by atoms with E-state index in [1.165, 1.54) is 19.4 Å². The first kappa shape index (κ1) is 25.1. The zero-order chi connectivity index (χ0) is 23.6. The lowest BCUT2D eigenvalue weighted by atomic mass is 9.81. The van der Waals surface area contributed by atoms with Crippen molar-refractivity contribution in [2.24, 2.45) is 11.8 Å². The maximum absolute atomic E-state index is 12.4. The van der Waals surface area contributed by atoms with Gasteiger partial charge in [-0.15, -0.1) is 6.58 Å². The summed E-state index contributed by atoms with van der Waals surface area (Å²) in [6, 6.07) is 0. The second-order valence-corrected chi connectivity index (χ2v) is 8.17. The molecule has 182 valence electrons. The summed E-state index contributed by atoms with van der Waals surface area (Å²) in [5, 5.41) is 39.7. The Morgan fingerprint density at radius 3 is 2.31 bits per heavy atom. The molecular weight excluding hydrogens is 428 g/mol. The minimum absolute atomic E-state index is 0.117. The SMILES string of the molecule is C=C[C@@H]1[C@@H](O[C@H]2O[C@@H](CO)[C@H](O)[C@@H](O)[C@@H]2O)OC=C(C(=O)OC)[C@@H]1CC1O[C@@H](C)[C@@H](C)O1. The Labute approximate surface area is 186 Å². The van der Waals surface area contributed by atoms with Crippen LogP contribution >= 0.6 is 0 Å². The van der Waals surface area contributed by atoms with E-state index in [0.29, 0.717) is 0 Å². The van der Waals surface area contributed by atoms with Crippen LogP contribution in [0.3, 0.4) is 0 Å². The summed E-state index contributed by atoms with van der Waals surface area (Å²) in [5.41, 5.74) is 0.241. The number of methoxy groups -OCH3 is 1. The van der Waals surface area contributed by atoms with E-state index < -0.39 is 67.7 Å². The van der Waals surface area contributed by atoms with E-state index in [1.807, 2.05) is 13.8 Å². The zero-order valence-electron chi connectivity index (χ0n) is 18.3. The molecule has 11 atom stereocenters. The number of carbonyl (C=O) groups excluding carboxylic acids is 1. The van der Waals surface area contributed by atoms with Crippen LogP contribution in [0.2, 0.25) is 0 Å². The summed E-state index contributed by atoms with van der Waals surface area (Å²) in [7, 11) is 1.26. The van der Waals surface area contributed by atoms with Gasteiger partial charge in [-0.25, -0.2) is 4.79 Å². The highest BCUT2D eigenvalue weighted by atomic mass is 16.8. The third kappa shape index (κ3) is 5.00. The number of aliphatic hydroxyl groups is 4. The molecule has 0 radical (unpaired) electrons. The van der Waals surface area contributed by atoms with Gasteiger partial charge in [-0.1, -0.05) is 6.08 Å². The zero-order valence-corrected chi connectivity index (χ0v) is 18.3. The number of carbonyl (C=O) groups is 1. The standard InChI is InChI=1S/C21H32O11/c1-5-11-12(6-15-29-9(2)10(3)30-15)13(19(26)27-4)8-28-20(11)32-21-18(25)17(24)16(23)14(7-22)31-21/h5,8-12,14-18,20-25H,1,6-7H2,2-4H3/t9-,10+,11-,12+,14-,15?,16-,17+,18-,20+,21+/m0/s1. The molecule has 0 aromatic carbocycles. The summed E-state index contributed by atoms with van der Waals surface area (Å²) in [4.78, 5) is 12.4. The Bertz CT molecular complexity index is 685. The van der Waals surface area contributed by atoms with Crippen LogP contribution in [0.5, 0.6) is 0 Å². The lowest BCUT2D eigenvalue weighted by molar-refractivity contribution is -0.339. The maximum atomic E-state index is 12.4. The Morgan fingerprint density at radius 1 is 1.09 bits per heavy atom. The lowest BCUT2D eigenvalue weighted by Crippen LogP contribution is -2.60. The molecule has 0 aromatic heterocycles. The fourth-order valence-electron chi connectivity index (χ4n) is 4.08. The summed E-state index contributed by atoms with van der Waals surface area (Å²) in [5.74, 6) is -1.72. The van der Waals surface area contributed by atoms with Crippen LogP contribution in [0.1, 0.15) is 20.3 Å². The van der Waals surface area contributed by atoms with Crippen LogP contribution in [0, 0.1) is 11.8 Å². The van der Waals surface area contributed by atoms with Crippen molar-refractivity contribution >= 4 is 5.97 Å². The highest BCUT2D eigenvalue weighted by molar-refractivity contribution is 5.88. The molecule has 0 aromatic rings. The molecule has 4 N–H and O–H groups in total. The van der Waals surface area contributed by atoms with Gasteiger partial charge >= 0.3 is 5.97 Å². The van der Waals surface area contributed by atoms with Crippen molar-refractivity contribution in [2.75, 3.05) is 13.7 Å². The van der Waals surface area contributed by atoms with Crippen molar-refractivity contribution in [2.45, 2.75) is 75.8 Å². The summed E-state index contributed by atoms with van der Waals surface area (Å²) >= 11 is 0. The van der Waals surface area contributed by atoms with E-state index in [-0.39, 0.29) is 24.2 Å². The van der Waals surface area contributed by atoms with E-state index in [1.54, 1.807) is 0 Å². The molecule has 3 aliphatic rings. The van der Waals surface area contributed by atoms with E-state index >= 15 is 0 Å². The van der Waals surface area contributed by atoms with E-state index in [9.17, 15) is 25.2 Å². The first-order valence-corrected chi connectivity index (χ1v) is 10.5. The number of hydrogen-bond donors (Lipinski definition) is 4.